The maximum Gasteiger partial charge on any atom is 0.127 e. The van der Waals surface area contributed by atoms with E-state index >= 15 is 0 Å². The van der Waals surface area contributed by atoms with E-state index in [1.807, 2.05) is 30.0 Å². The Balaban J connectivity index is 1.67. The number of anilines is 2. The fourth-order valence-electron chi connectivity index (χ4n) is 3.35. The molecule has 25 heavy (non-hydrogen) atoms. The Kier molecular flexibility index (Phi) is 4.85. The summed E-state index contributed by atoms with van der Waals surface area (Å²) in [6.45, 7) is 0.539. The van der Waals surface area contributed by atoms with Gasteiger partial charge >= 0.3 is 0 Å². The first kappa shape index (κ1) is 17.1. The summed E-state index contributed by atoms with van der Waals surface area (Å²) in [6, 6.07) is 13.9. The third-order valence-electron chi connectivity index (χ3n) is 4.78. The van der Waals surface area contributed by atoms with Crippen LogP contribution in [-0.2, 0) is 6.54 Å². The maximum atomic E-state index is 6.31. The van der Waals surface area contributed by atoms with Crippen molar-refractivity contribution in [1.29, 1.82) is 0 Å². The monoisotopic (exact) mass is 391 g/mol. The van der Waals surface area contributed by atoms with Gasteiger partial charge in [-0.05, 0) is 54.2 Å². The van der Waals surface area contributed by atoms with E-state index < -0.39 is 0 Å². The highest BCUT2D eigenvalue weighted by molar-refractivity contribution is 7.99. The van der Waals surface area contributed by atoms with Crippen molar-refractivity contribution in [2.45, 2.75) is 24.9 Å². The lowest BCUT2D eigenvalue weighted by Crippen LogP contribution is -2.54. The van der Waals surface area contributed by atoms with Gasteiger partial charge in [-0.3, -0.25) is 4.99 Å². The summed E-state index contributed by atoms with van der Waals surface area (Å²) in [5, 5.41) is 8.64. The normalized spacial score (nSPS) is 20.0. The molecule has 0 bridgehead atoms. The first-order chi connectivity index (χ1) is 12.2. The number of hydrogen-bond acceptors (Lipinski definition) is 3. The van der Waals surface area contributed by atoms with E-state index in [9.17, 15) is 0 Å². The van der Waals surface area contributed by atoms with E-state index in [1.165, 1.54) is 0 Å². The summed E-state index contributed by atoms with van der Waals surface area (Å²) in [6.07, 6.45) is 2.12. The van der Waals surface area contributed by atoms with Crippen LogP contribution in [0.15, 0.2) is 47.5 Å². The molecule has 0 unspecified atom stereocenters. The van der Waals surface area contributed by atoms with E-state index in [1.54, 1.807) is 6.07 Å². The Morgan fingerprint density at radius 1 is 1.04 bits per heavy atom. The fourth-order valence-corrected chi connectivity index (χ4v) is 5.01. The average Bonchev–Trinajstić information content (AvgIpc) is 2.62. The Morgan fingerprint density at radius 3 is 2.56 bits per heavy atom. The first-order valence-corrected chi connectivity index (χ1v) is 10.3. The van der Waals surface area contributed by atoms with Crippen molar-refractivity contribution in [2.75, 3.05) is 22.1 Å². The van der Waals surface area contributed by atoms with E-state index in [-0.39, 0.29) is 5.54 Å². The molecular formula is C19H19Cl2N3S. The van der Waals surface area contributed by atoms with Gasteiger partial charge in [-0.1, -0.05) is 41.4 Å². The number of rotatable bonds is 2. The van der Waals surface area contributed by atoms with E-state index in [0.717, 1.165) is 47.1 Å². The molecule has 2 N–H and O–H groups in total. The molecule has 0 saturated carbocycles. The number of aliphatic imine (C=N–C) groups is 1. The highest BCUT2D eigenvalue weighted by Crippen LogP contribution is 2.38. The Morgan fingerprint density at radius 2 is 1.80 bits per heavy atom. The van der Waals surface area contributed by atoms with Crippen molar-refractivity contribution in [3.8, 4) is 0 Å². The van der Waals surface area contributed by atoms with Crippen molar-refractivity contribution >= 4 is 52.2 Å². The number of thioether (sulfide) groups is 1. The van der Waals surface area contributed by atoms with Crippen molar-refractivity contribution in [2.24, 2.45) is 4.99 Å². The zero-order chi connectivity index (χ0) is 17.3. The molecule has 2 aromatic carbocycles. The molecule has 2 aliphatic heterocycles. The van der Waals surface area contributed by atoms with Crippen LogP contribution < -0.4 is 10.6 Å². The number of para-hydroxylation sites is 2. The third-order valence-corrected chi connectivity index (χ3v) is 6.35. The summed E-state index contributed by atoms with van der Waals surface area (Å²) in [7, 11) is 0. The van der Waals surface area contributed by atoms with Gasteiger partial charge in [0.05, 0.1) is 23.5 Å². The van der Waals surface area contributed by atoms with Crippen LogP contribution in [0.4, 0.5) is 11.4 Å². The molecule has 130 valence electrons. The number of halogens is 2. The van der Waals surface area contributed by atoms with Crippen molar-refractivity contribution in [3.63, 3.8) is 0 Å². The molecule has 0 amide bonds. The second kappa shape index (κ2) is 7.10. The summed E-state index contributed by atoms with van der Waals surface area (Å²) in [5.74, 6) is 3.28. The van der Waals surface area contributed by atoms with Gasteiger partial charge in [0, 0.05) is 10.0 Å². The number of fused-ring (bicyclic) bond motifs is 1. The molecular weight excluding hydrogens is 373 g/mol. The van der Waals surface area contributed by atoms with Crippen molar-refractivity contribution in [3.05, 3.63) is 58.1 Å². The highest BCUT2D eigenvalue weighted by Gasteiger charge is 2.40. The fraction of sp³-hybridized carbons (Fsp3) is 0.316. The van der Waals surface area contributed by atoms with Crippen LogP contribution in [0.1, 0.15) is 18.4 Å². The summed E-state index contributed by atoms with van der Waals surface area (Å²) in [4.78, 5) is 4.93. The van der Waals surface area contributed by atoms with Gasteiger partial charge in [0.2, 0.25) is 0 Å². The van der Waals surface area contributed by atoms with Crippen LogP contribution >= 0.6 is 35.0 Å². The first-order valence-electron chi connectivity index (χ1n) is 8.37. The topological polar surface area (TPSA) is 36.4 Å². The molecule has 2 aliphatic rings. The van der Waals surface area contributed by atoms with Gasteiger partial charge < -0.3 is 10.6 Å². The van der Waals surface area contributed by atoms with Gasteiger partial charge in [-0.15, -0.1) is 0 Å². The Labute approximate surface area is 162 Å². The van der Waals surface area contributed by atoms with Gasteiger partial charge in [-0.25, -0.2) is 0 Å². The zero-order valence-electron chi connectivity index (χ0n) is 13.7. The van der Waals surface area contributed by atoms with Crippen LogP contribution in [0, 0.1) is 0 Å². The minimum Gasteiger partial charge on any atom is -0.371 e. The minimum absolute atomic E-state index is 0.113. The number of hydrogen-bond donors (Lipinski definition) is 2. The van der Waals surface area contributed by atoms with Gasteiger partial charge in [0.15, 0.2) is 0 Å². The lowest BCUT2D eigenvalue weighted by atomic mass is 9.87. The van der Waals surface area contributed by atoms with E-state index in [0.29, 0.717) is 16.6 Å². The zero-order valence-corrected chi connectivity index (χ0v) is 16.0. The number of amidine groups is 1. The average molecular weight is 392 g/mol. The summed E-state index contributed by atoms with van der Waals surface area (Å²) in [5.41, 5.74) is 3.10. The summed E-state index contributed by atoms with van der Waals surface area (Å²) < 4.78 is 0. The molecule has 2 heterocycles. The van der Waals surface area contributed by atoms with Crippen LogP contribution in [0.5, 0.6) is 0 Å². The smallest absolute Gasteiger partial charge is 0.127 e. The second-order valence-corrected chi connectivity index (χ2v) is 8.46. The third kappa shape index (κ3) is 3.48. The van der Waals surface area contributed by atoms with Gasteiger partial charge in [0.25, 0.3) is 0 Å². The SMILES string of the molecule is Clc1ccc(CN=C2Nc3ccccc3NC23CCSCC3)c(Cl)c1. The molecule has 0 aromatic heterocycles. The lowest BCUT2D eigenvalue weighted by molar-refractivity contribution is 0.560. The highest BCUT2D eigenvalue weighted by atomic mass is 35.5. The molecule has 4 rings (SSSR count). The largest absolute Gasteiger partial charge is 0.371 e. The predicted molar refractivity (Wildman–Crippen MR) is 111 cm³/mol. The molecule has 0 radical (unpaired) electrons. The standard InChI is InChI=1S/C19H19Cl2N3S/c20-14-6-5-13(15(21)11-14)12-22-18-19(7-9-25-10-8-19)24-17-4-2-1-3-16(17)23-18/h1-6,11,24H,7-10,12H2,(H,22,23). The van der Waals surface area contributed by atoms with Crippen LogP contribution in [0.25, 0.3) is 0 Å². The van der Waals surface area contributed by atoms with Crippen molar-refractivity contribution in [1.82, 2.24) is 0 Å². The van der Waals surface area contributed by atoms with Crippen LogP contribution in [0.2, 0.25) is 10.0 Å². The van der Waals surface area contributed by atoms with Gasteiger partial charge in [0.1, 0.15) is 5.84 Å². The van der Waals surface area contributed by atoms with Crippen LogP contribution in [-0.4, -0.2) is 22.9 Å². The molecule has 1 fully saturated rings. The second-order valence-electron chi connectivity index (χ2n) is 6.39. The lowest BCUT2D eigenvalue weighted by Gasteiger charge is -2.43. The molecule has 1 saturated heterocycles. The Hall–Kier alpha value is -1.36. The van der Waals surface area contributed by atoms with E-state index in [4.69, 9.17) is 28.2 Å². The molecule has 6 heteroatoms. The minimum atomic E-state index is -0.113. The number of benzene rings is 2. The van der Waals surface area contributed by atoms with Crippen LogP contribution in [0.3, 0.4) is 0 Å². The number of nitrogens with zero attached hydrogens (tertiary/aromatic N) is 1. The predicted octanol–water partition coefficient (Wildman–Crippen LogP) is 5.70. The molecule has 0 atom stereocenters. The van der Waals surface area contributed by atoms with E-state index in [2.05, 4.69) is 28.8 Å². The summed E-state index contributed by atoms with van der Waals surface area (Å²) >= 11 is 14.3. The molecule has 2 aromatic rings. The number of nitrogens with one attached hydrogen (secondary N) is 2. The van der Waals surface area contributed by atoms with Gasteiger partial charge in [-0.2, -0.15) is 11.8 Å². The Bertz CT molecular complexity index is 816. The molecule has 3 nitrogen and oxygen atoms in total. The maximum absolute atomic E-state index is 6.31. The molecule has 0 aliphatic carbocycles. The van der Waals surface area contributed by atoms with Crippen molar-refractivity contribution < 1.29 is 0 Å². The quantitative estimate of drug-likeness (QED) is 0.689. The molecule has 1 spiro atoms.